The number of amides is 1. The van der Waals surface area contributed by atoms with Gasteiger partial charge in [0.2, 0.25) is 5.60 Å². The Morgan fingerprint density at radius 2 is 1.91 bits per heavy atom. The summed E-state index contributed by atoms with van der Waals surface area (Å²) >= 11 is 0. The maximum absolute atomic E-state index is 13.0. The molecule has 10 nitrogen and oxygen atoms in total. The zero-order valence-corrected chi connectivity index (χ0v) is 20.0. The summed E-state index contributed by atoms with van der Waals surface area (Å²) in [5.74, 6) is 0.111. The molecule has 186 valence electrons. The second-order valence-corrected chi connectivity index (χ2v) is 8.41. The minimum atomic E-state index is -2.01. The molecule has 0 radical (unpaired) electrons. The van der Waals surface area contributed by atoms with Gasteiger partial charge in [0.1, 0.15) is 12.9 Å². The van der Waals surface area contributed by atoms with Gasteiger partial charge >= 0.3 is 5.97 Å². The van der Waals surface area contributed by atoms with Crippen molar-refractivity contribution in [2.45, 2.75) is 55.8 Å². The number of benzene rings is 1. The van der Waals surface area contributed by atoms with E-state index in [1.165, 1.54) is 21.3 Å². The Kier molecular flexibility index (Phi) is 7.98. The van der Waals surface area contributed by atoms with Crippen LogP contribution in [0.25, 0.3) is 0 Å². The number of carbonyl (C=O) groups excluding carboxylic acids is 2. The van der Waals surface area contributed by atoms with E-state index in [1.54, 1.807) is 38.1 Å². The van der Waals surface area contributed by atoms with Gasteiger partial charge in [-0.1, -0.05) is 36.3 Å². The number of methoxy groups -OCH3 is 2. The molecule has 1 aromatic rings. The number of rotatable bonds is 10. The monoisotopic (exact) mass is 477 g/mol. The minimum absolute atomic E-state index is 0.0816. The first-order valence-electron chi connectivity index (χ1n) is 10.8. The molecular weight excluding hydrogens is 446 g/mol. The average Bonchev–Trinajstić information content (AvgIpc) is 3.29. The molecule has 2 saturated heterocycles. The summed E-state index contributed by atoms with van der Waals surface area (Å²) in [6, 6.07) is 8.96. The van der Waals surface area contributed by atoms with Crippen LogP contribution in [-0.4, -0.2) is 82.0 Å². The van der Waals surface area contributed by atoms with Gasteiger partial charge in [0.15, 0.2) is 23.8 Å². The number of nitrogens with one attached hydrogen (secondary N) is 1. The van der Waals surface area contributed by atoms with Gasteiger partial charge in [-0.15, -0.1) is 6.42 Å². The van der Waals surface area contributed by atoms with Crippen molar-refractivity contribution < 1.29 is 42.7 Å². The fraction of sp³-hybridized carbons (Fsp3) is 0.583. The summed E-state index contributed by atoms with van der Waals surface area (Å²) in [5, 5.41) is 2.49. The Morgan fingerprint density at radius 3 is 2.50 bits per heavy atom. The fourth-order valence-corrected chi connectivity index (χ4v) is 4.17. The number of terminal acetylenes is 1. The third-order valence-electron chi connectivity index (χ3n) is 5.78. The highest BCUT2D eigenvalue weighted by Crippen LogP contribution is 2.45. The van der Waals surface area contributed by atoms with Gasteiger partial charge in [0.25, 0.3) is 5.91 Å². The summed E-state index contributed by atoms with van der Waals surface area (Å²) in [6.07, 6.45) is 3.23. The smallest absolute Gasteiger partial charge is 0.348 e. The quantitative estimate of drug-likeness (QED) is 0.226. The molecule has 1 N–H and O–H groups in total. The standard InChI is InChI=1S/C24H31NO9/c1-7-23(31-15-28-5)17(32-19-18(23)33-22(2,3)34-19)14-30-24(20(26)25-4,21(27)29-6)13-16-11-9-8-10-12-16/h1,8-12,17-19H,13-15H2,2-6H3,(H,25,26)/t17-,18+,19-,23-,24?/m1/s1. The lowest BCUT2D eigenvalue weighted by atomic mass is 9.91. The van der Waals surface area contributed by atoms with Crippen LogP contribution >= 0.6 is 0 Å². The minimum Gasteiger partial charge on any atom is -0.466 e. The van der Waals surface area contributed by atoms with E-state index < -0.39 is 47.4 Å². The van der Waals surface area contributed by atoms with Crippen molar-refractivity contribution >= 4 is 11.9 Å². The molecule has 0 saturated carbocycles. The number of ether oxygens (including phenoxy) is 7. The van der Waals surface area contributed by atoms with Crippen LogP contribution in [0, 0.1) is 12.3 Å². The first-order chi connectivity index (χ1) is 16.2. The molecule has 0 aliphatic carbocycles. The summed E-state index contributed by atoms with van der Waals surface area (Å²) in [5.41, 5.74) is -2.78. The van der Waals surface area contributed by atoms with Crippen molar-refractivity contribution in [1.29, 1.82) is 0 Å². The summed E-state index contributed by atoms with van der Waals surface area (Å²) in [7, 11) is 4.04. The number of likely N-dealkylation sites (N-methyl/N-ethyl adjacent to an activating group) is 1. The predicted octanol–water partition coefficient (Wildman–Crippen LogP) is 0.772. The zero-order chi connectivity index (χ0) is 25.0. The molecular formula is C24H31NO9. The van der Waals surface area contributed by atoms with E-state index in [0.29, 0.717) is 5.56 Å². The van der Waals surface area contributed by atoms with Crippen molar-refractivity contribution in [3.05, 3.63) is 35.9 Å². The lowest BCUT2D eigenvalue weighted by Gasteiger charge is -2.36. The molecule has 0 spiro atoms. The van der Waals surface area contributed by atoms with E-state index >= 15 is 0 Å². The van der Waals surface area contributed by atoms with Gasteiger partial charge in [-0.2, -0.15) is 0 Å². The van der Waals surface area contributed by atoms with E-state index in [2.05, 4.69) is 11.2 Å². The molecule has 34 heavy (non-hydrogen) atoms. The molecule has 0 aromatic heterocycles. The largest absolute Gasteiger partial charge is 0.466 e. The van der Waals surface area contributed by atoms with Crippen molar-refractivity contribution in [2.24, 2.45) is 0 Å². The van der Waals surface area contributed by atoms with Crippen molar-refractivity contribution in [1.82, 2.24) is 5.32 Å². The first-order valence-corrected chi connectivity index (χ1v) is 10.8. The maximum atomic E-state index is 13.0. The Bertz CT molecular complexity index is 897. The van der Waals surface area contributed by atoms with Crippen LogP contribution in [0.4, 0.5) is 0 Å². The Hall–Kier alpha value is -2.52. The average molecular weight is 478 g/mol. The number of carbonyl (C=O) groups is 2. The van der Waals surface area contributed by atoms with Gasteiger partial charge in [0, 0.05) is 20.6 Å². The van der Waals surface area contributed by atoms with Crippen LogP contribution in [0.2, 0.25) is 0 Å². The van der Waals surface area contributed by atoms with Crippen LogP contribution in [0.15, 0.2) is 30.3 Å². The molecule has 1 aromatic carbocycles. The fourth-order valence-electron chi connectivity index (χ4n) is 4.17. The molecule has 1 amide bonds. The number of hydrogen-bond donors (Lipinski definition) is 1. The van der Waals surface area contributed by atoms with E-state index in [-0.39, 0.29) is 19.8 Å². The van der Waals surface area contributed by atoms with Crippen LogP contribution in [-0.2, 0) is 49.2 Å². The first kappa shape index (κ1) is 26.1. The van der Waals surface area contributed by atoms with Gasteiger partial charge in [-0.25, -0.2) is 4.79 Å². The molecule has 2 fully saturated rings. The highest BCUT2D eigenvalue weighted by molar-refractivity contribution is 6.06. The Balaban J connectivity index is 1.93. The Morgan fingerprint density at radius 1 is 1.21 bits per heavy atom. The van der Waals surface area contributed by atoms with Crippen LogP contribution in [0.5, 0.6) is 0 Å². The summed E-state index contributed by atoms with van der Waals surface area (Å²) in [6.45, 7) is 3.00. The van der Waals surface area contributed by atoms with E-state index in [0.717, 1.165) is 0 Å². The normalized spacial score (nSPS) is 29.0. The number of fused-ring (bicyclic) bond motifs is 1. The molecule has 2 heterocycles. The van der Waals surface area contributed by atoms with Crippen LogP contribution in [0.3, 0.4) is 0 Å². The molecule has 0 bridgehead atoms. The molecule has 10 heteroatoms. The third kappa shape index (κ3) is 4.81. The van der Waals surface area contributed by atoms with Crippen LogP contribution in [0.1, 0.15) is 19.4 Å². The second kappa shape index (κ2) is 10.4. The Labute approximate surface area is 199 Å². The molecule has 2 aliphatic rings. The summed E-state index contributed by atoms with van der Waals surface area (Å²) < 4.78 is 39.8. The number of esters is 1. The van der Waals surface area contributed by atoms with Crippen molar-refractivity contribution in [3.8, 4) is 12.3 Å². The molecule has 5 atom stereocenters. The van der Waals surface area contributed by atoms with E-state index in [4.69, 9.17) is 39.6 Å². The van der Waals surface area contributed by atoms with Crippen molar-refractivity contribution in [2.75, 3.05) is 34.7 Å². The second-order valence-electron chi connectivity index (χ2n) is 8.41. The molecule has 1 unspecified atom stereocenters. The maximum Gasteiger partial charge on any atom is 0.348 e. The highest BCUT2D eigenvalue weighted by Gasteiger charge is 2.65. The highest BCUT2D eigenvalue weighted by atomic mass is 16.9. The van der Waals surface area contributed by atoms with Gasteiger partial charge in [0.05, 0.1) is 13.7 Å². The topological polar surface area (TPSA) is 111 Å². The number of hydrogen-bond acceptors (Lipinski definition) is 9. The van der Waals surface area contributed by atoms with Gasteiger partial charge in [-0.3, -0.25) is 4.79 Å². The molecule has 2 aliphatic heterocycles. The third-order valence-corrected chi connectivity index (χ3v) is 5.78. The lowest BCUT2D eigenvalue weighted by Crippen LogP contribution is -2.59. The van der Waals surface area contributed by atoms with Crippen molar-refractivity contribution in [3.63, 3.8) is 0 Å². The summed E-state index contributed by atoms with van der Waals surface area (Å²) in [4.78, 5) is 25.9. The zero-order valence-electron chi connectivity index (χ0n) is 20.0. The van der Waals surface area contributed by atoms with Gasteiger partial charge in [-0.05, 0) is 19.4 Å². The molecule has 3 rings (SSSR count). The predicted molar refractivity (Wildman–Crippen MR) is 118 cm³/mol. The van der Waals surface area contributed by atoms with Crippen LogP contribution < -0.4 is 5.32 Å². The van der Waals surface area contributed by atoms with E-state index in [1.807, 2.05) is 6.07 Å². The lowest BCUT2D eigenvalue weighted by molar-refractivity contribution is -0.246. The van der Waals surface area contributed by atoms with Gasteiger partial charge < -0.3 is 38.5 Å². The van der Waals surface area contributed by atoms with E-state index in [9.17, 15) is 9.59 Å². The SMILES string of the molecule is C#C[C@@]1(OCOC)[C@@H](COC(Cc2ccccc2)(C(=O)NC)C(=O)OC)O[C@@H]2OC(C)(C)O[C@@H]21.